The third-order valence-corrected chi connectivity index (χ3v) is 2.63. The first-order valence-electron chi connectivity index (χ1n) is 5.66. The van der Waals surface area contributed by atoms with Crippen LogP contribution in [0.4, 0.5) is 11.5 Å². The van der Waals surface area contributed by atoms with Crippen LogP contribution in [0.1, 0.15) is 31.3 Å². The zero-order valence-electron chi connectivity index (χ0n) is 10.4. The third kappa shape index (κ3) is 2.25. The Morgan fingerprint density at radius 3 is 2.88 bits per heavy atom. The molecule has 0 radical (unpaired) electrons. The average molecular weight is 234 g/mol. The number of aromatic amines is 1. The molecule has 0 saturated carbocycles. The lowest BCUT2D eigenvalue weighted by atomic mass is 10.3. The van der Waals surface area contributed by atoms with Gasteiger partial charge in [0.25, 0.3) is 0 Å². The van der Waals surface area contributed by atoms with Crippen molar-refractivity contribution in [3.63, 3.8) is 0 Å². The molecule has 2 heterocycles. The van der Waals surface area contributed by atoms with Crippen LogP contribution in [0.2, 0.25) is 0 Å². The number of nitrogens with zero attached hydrogens (tertiary/aromatic N) is 3. The lowest BCUT2D eigenvalue weighted by molar-refractivity contribution is 0.534. The minimum absolute atomic E-state index is 0.273. The van der Waals surface area contributed by atoms with Crippen molar-refractivity contribution in [2.24, 2.45) is 0 Å². The van der Waals surface area contributed by atoms with E-state index < -0.39 is 0 Å². The summed E-state index contributed by atoms with van der Waals surface area (Å²) < 4.78 is 1.90. The first-order chi connectivity index (χ1) is 8.09. The summed E-state index contributed by atoms with van der Waals surface area (Å²) in [4.78, 5) is 0. The van der Waals surface area contributed by atoms with Crippen LogP contribution < -0.4 is 11.1 Å². The van der Waals surface area contributed by atoms with Crippen LogP contribution in [0.25, 0.3) is 0 Å². The summed E-state index contributed by atoms with van der Waals surface area (Å²) in [6.45, 7) is 6.72. The fourth-order valence-corrected chi connectivity index (χ4v) is 1.67. The number of hydrogen-bond acceptors (Lipinski definition) is 4. The summed E-state index contributed by atoms with van der Waals surface area (Å²) in [5.74, 6) is 0.868. The highest BCUT2D eigenvalue weighted by Gasteiger charge is 2.14. The summed E-state index contributed by atoms with van der Waals surface area (Å²) in [5, 5.41) is 14.5. The number of H-pyrrole nitrogens is 1. The first kappa shape index (κ1) is 11.5. The summed E-state index contributed by atoms with van der Waals surface area (Å²) in [5.41, 5.74) is 8.58. The molecular weight excluding hydrogens is 216 g/mol. The predicted molar refractivity (Wildman–Crippen MR) is 67.7 cm³/mol. The van der Waals surface area contributed by atoms with Crippen LogP contribution in [-0.4, -0.2) is 20.0 Å². The van der Waals surface area contributed by atoms with Gasteiger partial charge in [-0.05, 0) is 26.8 Å². The maximum Gasteiger partial charge on any atom is 0.148 e. The Hall–Kier alpha value is -1.98. The predicted octanol–water partition coefficient (Wildman–Crippen LogP) is 1.69. The molecule has 92 valence electrons. The molecule has 0 aliphatic heterocycles. The Labute approximate surface area is 100 Å². The monoisotopic (exact) mass is 234 g/mol. The Kier molecular flexibility index (Phi) is 3.03. The molecule has 0 amide bonds. The van der Waals surface area contributed by atoms with Gasteiger partial charge in [0, 0.05) is 12.2 Å². The second-order valence-corrected chi connectivity index (χ2v) is 4.32. The van der Waals surface area contributed by atoms with E-state index in [1.807, 2.05) is 17.7 Å². The molecule has 0 atom stereocenters. The number of hydrogen-bond donors (Lipinski definition) is 3. The van der Waals surface area contributed by atoms with Gasteiger partial charge in [-0.15, -0.1) is 0 Å². The van der Waals surface area contributed by atoms with E-state index in [2.05, 4.69) is 34.5 Å². The fourth-order valence-electron chi connectivity index (χ4n) is 1.67. The third-order valence-electron chi connectivity index (χ3n) is 2.63. The molecular formula is C11H18N6. The van der Waals surface area contributed by atoms with E-state index in [4.69, 9.17) is 5.73 Å². The van der Waals surface area contributed by atoms with Gasteiger partial charge in [0.15, 0.2) is 0 Å². The van der Waals surface area contributed by atoms with Crippen molar-refractivity contribution in [1.82, 2.24) is 20.0 Å². The highest BCUT2D eigenvalue weighted by Crippen LogP contribution is 2.25. The van der Waals surface area contributed by atoms with E-state index in [0.29, 0.717) is 12.2 Å². The second-order valence-electron chi connectivity index (χ2n) is 4.32. The van der Waals surface area contributed by atoms with Gasteiger partial charge in [0.2, 0.25) is 0 Å². The van der Waals surface area contributed by atoms with E-state index in [-0.39, 0.29) is 6.04 Å². The molecule has 0 fully saturated rings. The molecule has 0 spiro atoms. The van der Waals surface area contributed by atoms with Crippen LogP contribution in [-0.2, 0) is 6.54 Å². The van der Waals surface area contributed by atoms with E-state index >= 15 is 0 Å². The van der Waals surface area contributed by atoms with Crippen LogP contribution in [0.5, 0.6) is 0 Å². The molecule has 0 unspecified atom stereocenters. The van der Waals surface area contributed by atoms with E-state index in [0.717, 1.165) is 17.2 Å². The van der Waals surface area contributed by atoms with Gasteiger partial charge in [-0.1, -0.05) is 0 Å². The normalized spacial score (nSPS) is 11.1. The molecule has 2 aromatic rings. The maximum absolute atomic E-state index is 6.01. The van der Waals surface area contributed by atoms with Crippen molar-refractivity contribution in [3.8, 4) is 0 Å². The van der Waals surface area contributed by atoms with Crippen LogP contribution in [0.3, 0.4) is 0 Å². The van der Waals surface area contributed by atoms with Gasteiger partial charge in [-0.25, -0.2) is 4.68 Å². The van der Waals surface area contributed by atoms with Crippen molar-refractivity contribution in [2.75, 3.05) is 11.1 Å². The Balaban J connectivity index is 2.19. The smallest absolute Gasteiger partial charge is 0.148 e. The van der Waals surface area contributed by atoms with Crippen molar-refractivity contribution < 1.29 is 0 Å². The van der Waals surface area contributed by atoms with Crippen molar-refractivity contribution in [3.05, 3.63) is 23.7 Å². The lowest BCUT2D eigenvalue weighted by Gasteiger charge is -2.12. The molecule has 0 bridgehead atoms. The molecule has 2 aromatic heterocycles. The Bertz CT molecular complexity index is 482. The summed E-state index contributed by atoms with van der Waals surface area (Å²) >= 11 is 0. The molecule has 2 rings (SSSR count). The molecule has 0 saturated heterocycles. The molecule has 17 heavy (non-hydrogen) atoms. The van der Waals surface area contributed by atoms with Crippen LogP contribution in [0.15, 0.2) is 12.3 Å². The van der Waals surface area contributed by atoms with Gasteiger partial charge in [-0.3, -0.25) is 5.10 Å². The highest BCUT2D eigenvalue weighted by atomic mass is 15.4. The number of nitrogen functional groups attached to an aromatic ring is 1. The molecule has 0 aliphatic rings. The van der Waals surface area contributed by atoms with E-state index in [1.54, 1.807) is 6.20 Å². The minimum Gasteiger partial charge on any atom is -0.394 e. The number of aryl methyl sites for hydroxylation is 1. The quantitative estimate of drug-likeness (QED) is 0.751. The van der Waals surface area contributed by atoms with Gasteiger partial charge in [0.05, 0.1) is 23.6 Å². The Morgan fingerprint density at radius 2 is 2.29 bits per heavy atom. The second kappa shape index (κ2) is 4.48. The summed E-state index contributed by atoms with van der Waals surface area (Å²) in [6, 6.07) is 2.20. The molecule has 6 heteroatoms. The summed E-state index contributed by atoms with van der Waals surface area (Å²) in [7, 11) is 0. The SMILES string of the molecule is Cc1nn(C(C)C)c(NCc2ccn[nH]2)c1N. The van der Waals surface area contributed by atoms with Crippen molar-refractivity contribution in [2.45, 2.75) is 33.4 Å². The van der Waals surface area contributed by atoms with E-state index in [1.165, 1.54) is 0 Å². The zero-order valence-corrected chi connectivity index (χ0v) is 10.4. The van der Waals surface area contributed by atoms with Crippen molar-refractivity contribution in [1.29, 1.82) is 0 Å². The number of aromatic nitrogens is 4. The van der Waals surface area contributed by atoms with Gasteiger partial charge in [-0.2, -0.15) is 10.2 Å². The van der Waals surface area contributed by atoms with E-state index in [9.17, 15) is 0 Å². The fraction of sp³-hybridized carbons (Fsp3) is 0.455. The van der Waals surface area contributed by atoms with Crippen molar-refractivity contribution >= 4 is 11.5 Å². The number of nitrogens with one attached hydrogen (secondary N) is 2. The molecule has 4 N–H and O–H groups in total. The molecule has 6 nitrogen and oxygen atoms in total. The standard InChI is InChI=1S/C11H18N6/c1-7(2)17-11(10(12)8(3)16-17)13-6-9-4-5-14-15-9/h4-5,7,13H,6,12H2,1-3H3,(H,14,15). The molecule has 0 aromatic carbocycles. The topological polar surface area (TPSA) is 84.5 Å². The minimum atomic E-state index is 0.273. The first-order valence-corrected chi connectivity index (χ1v) is 5.66. The zero-order chi connectivity index (χ0) is 12.4. The average Bonchev–Trinajstić information content (AvgIpc) is 2.87. The van der Waals surface area contributed by atoms with Crippen LogP contribution in [0, 0.1) is 6.92 Å². The maximum atomic E-state index is 6.01. The molecule has 0 aliphatic carbocycles. The van der Waals surface area contributed by atoms with Crippen LogP contribution >= 0.6 is 0 Å². The number of rotatable bonds is 4. The van der Waals surface area contributed by atoms with Gasteiger partial charge < -0.3 is 11.1 Å². The number of nitrogens with two attached hydrogens (primary N) is 1. The lowest BCUT2D eigenvalue weighted by Crippen LogP contribution is -2.11. The number of anilines is 2. The summed E-state index contributed by atoms with van der Waals surface area (Å²) in [6.07, 6.45) is 1.73. The largest absolute Gasteiger partial charge is 0.394 e. The highest BCUT2D eigenvalue weighted by molar-refractivity contribution is 5.64. The van der Waals surface area contributed by atoms with Gasteiger partial charge >= 0.3 is 0 Å². The van der Waals surface area contributed by atoms with Gasteiger partial charge in [0.1, 0.15) is 5.82 Å². The Morgan fingerprint density at radius 1 is 1.53 bits per heavy atom.